The minimum Gasteiger partial charge on any atom is -0.350 e. The molecule has 1 amide bonds. The summed E-state index contributed by atoms with van der Waals surface area (Å²) >= 11 is 0. The first-order valence-electron chi connectivity index (χ1n) is 9.97. The van der Waals surface area contributed by atoms with E-state index < -0.39 is 10.2 Å². The fraction of sp³-hybridized carbons (Fsp3) is 0.684. The number of hydrogen-bond acceptors (Lipinski definition) is 5. The normalized spacial score (nSPS) is 23.0. The number of likely N-dealkylation sites (tertiary alicyclic amines) is 1. The zero-order valence-corrected chi connectivity index (χ0v) is 17.6. The molecule has 0 unspecified atom stereocenters. The molecule has 0 aromatic carbocycles. The molecule has 1 aromatic rings. The third-order valence-electron chi connectivity index (χ3n) is 5.72. The second kappa shape index (κ2) is 9.30. The minimum atomic E-state index is -3.33. The van der Waals surface area contributed by atoms with Crippen molar-refractivity contribution in [1.82, 2.24) is 23.8 Å². The Labute approximate surface area is 168 Å². The van der Waals surface area contributed by atoms with E-state index >= 15 is 0 Å². The number of carbonyl (C=O) groups is 1. The average Bonchev–Trinajstić information content (AvgIpc) is 2.73. The number of amides is 1. The van der Waals surface area contributed by atoms with E-state index in [1.807, 2.05) is 18.2 Å². The van der Waals surface area contributed by atoms with Crippen LogP contribution in [0.4, 0.5) is 0 Å². The topological polar surface area (TPSA) is 85.9 Å². The van der Waals surface area contributed by atoms with Crippen LogP contribution in [-0.4, -0.2) is 79.1 Å². The van der Waals surface area contributed by atoms with E-state index in [9.17, 15) is 13.2 Å². The van der Waals surface area contributed by atoms with Gasteiger partial charge in [-0.25, -0.2) is 0 Å². The van der Waals surface area contributed by atoms with Gasteiger partial charge in [-0.1, -0.05) is 6.07 Å². The van der Waals surface area contributed by atoms with Gasteiger partial charge < -0.3 is 5.32 Å². The lowest BCUT2D eigenvalue weighted by Gasteiger charge is -2.42. The molecule has 8 nitrogen and oxygen atoms in total. The molecule has 1 N–H and O–H groups in total. The number of hydrogen-bond donors (Lipinski definition) is 1. The smallest absolute Gasteiger partial charge is 0.281 e. The maximum absolute atomic E-state index is 12.6. The Bertz CT molecular complexity index is 748. The van der Waals surface area contributed by atoms with Gasteiger partial charge in [0.2, 0.25) is 5.91 Å². The molecular formula is C19H31N5O3S. The van der Waals surface area contributed by atoms with Gasteiger partial charge in [-0.3, -0.25) is 14.7 Å². The van der Waals surface area contributed by atoms with Crippen LogP contribution in [-0.2, 0) is 21.5 Å². The monoisotopic (exact) mass is 409 g/mol. The molecule has 0 aliphatic carbocycles. The Balaban J connectivity index is 1.49. The predicted octanol–water partition coefficient (Wildman–Crippen LogP) is 0.681. The highest BCUT2D eigenvalue weighted by molar-refractivity contribution is 7.86. The molecule has 156 valence electrons. The van der Waals surface area contributed by atoms with Gasteiger partial charge in [0.1, 0.15) is 0 Å². The standard InChI is InChI=1S/C19H31N5O3S/c1-22(2)28(26,27)24-12-8-18(9-13-24)23-11-5-6-16(15-23)19(25)21-14-17-7-3-4-10-20-17/h3-4,7,10,16,18H,5-6,8-9,11-15H2,1-2H3,(H,21,25)/t16-/m0/s1. The van der Waals surface area contributed by atoms with Crippen LogP contribution in [0.25, 0.3) is 0 Å². The lowest BCUT2D eigenvalue weighted by Crippen LogP contribution is -2.52. The van der Waals surface area contributed by atoms with E-state index in [2.05, 4.69) is 15.2 Å². The molecule has 3 heterocycles. The van der Waals surface area contributed by atoms with E-state index in [1.165, 1.54) is 4.31 Å². The van der Waals surface area contributed by atoms with Crippen molar-refractivity contribution < 1.29 is 13.2 Å². The lowest BCUT2D eigenvalue weighted by molar-refractivity contribution is -0.127. The third-order valence-corrected chi connectivity index (χ3v) is 7.66. The fourth-order valence-electron chi connectivity index (χ4n) is 4.05. The van der Waals surface area contributed by atoms with Crippen LogP contribution in [0.2, 0.25) is 0 Å². The van der Waals surface area contributed by atoms with Crippen LogP contribution in [0, 0.1) is 5.92 Å². The van der Waals surface area contributed by atoms with Gasteiger partial charge in [0.15, 0.2) is 0 Å². The molecule has 0 bridgehead atoms. The number of nitrogens with zero attached hydrogens (tertiary/aromatic N) is 4. The second-order valence-corrected chi connectivity index (χ2v) is 9.94. The highest BCUT2D eigenvalue weighted by Gasteiger charge is 2.34. The average molecular weight is 410 g/mol. The molecule has 9 heteroatoms. The Hall–Kier alpha value is -1.55. The van der Waals surface area contributed by atoms with Crippen molar-refractivity contribution in [3.63, 3.8) is 0 Å². The number of carbonyl (C=O) groups excluding carboxylic acids is 1. The van der Waals surface area contributed by atoms with E-state index in [0.29, 0.717) is 25.7 Å². The molecule has 3 rings (SSSR count). The number of nitrogens with one attached hydrogen (secondary N) is 1. The Morgan fingerprint density at radius 3 is 2.61 bits per heavy atom. The maximum Gasteiger partial charge on any atom is 0.281 e. The SMILES string of the molecule is CN(C)S(=O)(=O)N1CCC(N2CCC[C@H](C(=O)NCc3ccccn3)C2)CC1. The van der Waals surface area contributed by atoms with Gasteiger partial charge in [-0.2, -0.15) is 17.0 Å². The number of piperidine rings is 2. The van der Waals surface area contributed by atoms with Crippen LogP contribution in [0.5, 0.6) is 0 Å². The first kappa shape index (κ1) is 21.2. The molecule has 0 saturated carbocycles. The second-order valence-electron chi connectivity index (χ2n) is 7.79. The zero-order valence-electron chi connectivity index (χ0n) is 16.7. The maximum atomic E-state index is 12.6. The van der Waals surface area contributed by atoms with Crippen molar-refractivity contribution in [3.8, 4) is 0 Å². The van der Waals surface area contributed by atoms with Gasteiger partial charge in [0, 0.05) is 46.0 Å². The van der Waals surface area contributed by atoms with Crippen molar-refractivity contribution in [3.05, 3.63) is 30.1 Å². The fourth-order valence-corrected chi connectivity index (χ4v) is 5.18. The molecule has 28 heavy (non-hydrogen) atoms. The van der Waals surface area contributed by atoms with E-state index in [-0.39, 0.29) is 11.8 Å². The minimum absolute atomic E-state index is 0.0130. The summed E-state index contributed by atoms with van der Waals surface area (Å²) < 4.78 is 27.4. The Morgan fingerprint density at radius 2 is 1.96 bits per heavy atom. The first-order chi connectivity index (χ1) is 13.4. The number of pyridine rings is 1. The molecule has 2 aliphatic rings. The molecule has 0 spiro atoms. The van der Waals surface area contributed by atoms with Crippen LogP contribution in [0.15, 0.2) is 24.4 Å². The zero-order chi connectivity index (χ0) is 20.1. The molecule has 2 aliphatic heterocycles. The summed E-state index contributed by atoms with van der Waals surface area (Å²) in [7, 11) is -0.195. The number of aromatic nitrogens is 1. The van der Waals surface area contributed by atoms with Gasteiger partial charge in [-0.05, 0) is 44.4 Å². The summed E-state index contributed by atoms with van der Waals surface area (Å²) in [4.78, 5) is 19.2. The predicted molar refractivity (Wildman–Crippen MR) is 108 cm³/mol. The van der Waals surface area contributed by atoms with Crippen LogP contribution >= 0.6 is 0 Å². The van der Waals surface area contributed by atoms with Crippen molar-refractivity contribution in [2.75, 3.05) is 40.3 Å². The van der Waals surface area contributed by atoms with Gasteiger partial charge >= 0.3 is 0 Å². The van der Waals surface area contributed by atoms with Crippen LogP contribution in [0.3, 0.4) is 0 Å². The summed E-state index contributed by atoms with van der Waals surface area (Å²) in [6.07, 6.45) is 5.26. The van der Waals surface area contributed by atoms with Crippen molar-refractivity contribution >= 4 is 16.1 Å². The molecule has 1 aromatic heterocycles. The highest BCUT2D eigenvalue weighted by Crippen LogP contribution is 2.25. The van der Waals surface area contributed by atoms with Gasteiger partial charge in [0.25, 0.3) is 10.2 Å². The quantitative estimate of drug-likeness (QED) is 0.747. The van der Waals surface area contributed by atoms with Crippen LogP contribution < -0.4 is 5.32 Å². The third kappa shape index (κ3) is 5.08. The molecule has 2 fully saturated rings. The summed E-state index contributed by atoms with van der Waals surface area (Å²) in [5.41, 5.74) is 0.859. The largest absolute Gasteiger partial charge is 0.350 e. The summed E-state index contributed by atoms with van der Waals surface area (Å²) in [5, 5.41) is 3.01. The summed E-state index contributed by atoms with van der Waals surface area (Å²) in [6.45, 7) is 3.27. The first-order valence-corrected chi connectivity index (χ1v) is 11.4. The molecule has 0 radical (unpaired) electrons. The summed E-state index contributed by atoms with van der Waals surface area (Å²) in [5.74, 6) is 0.0731. The van der Waals surface area contributed by atoms with Gasteiger partial charge in [0.05, 0.1) is 18.2 Å². The van der Waals surface area contributed by atoms with Crippen molar-refractivity contribution in [1.29, 1.82) is 0 Å². The Morgan fingerprint density at radius 1 is 1.21 bits per heavy atom. The van der Waals surface area contributed by atoms with E-state index in [1.54, 1.807) is 24.6 Å². The van der Waals surface area contributed by atoms with Crippen molar-refractivity contribution in [2.45, 2.75) is 38.3 Å². The molecular weight excluding hydrogens is 378 g/mol. The highest BCUT2D eigenvalue weighted by atomic mass is 32.2. The van der Waals surface area contributed by atoms with E-state index in [0.717, 1.165) is 44.5 Å². The summed E-state index contributed by atoms with van der Waals surface area (Å²) in [6, 6.07) is 6.03. The van der Waals surface area contributed by atoms with Crippen molar-refractivity contribution in [2.24, 2.45) is 5.92 Å². The molecule has 2 saturated heterocycles. The van der Waals surface area contributed by atoms with Crippen LogP contribution in [0.1, 0.15) is 31.4 Å². The number of rotatable bonds is 6. The Kier molecular flexibility index (Phi) is 7.03. The van der Waals surface area contributed by atoms with Gasteiger partial charge in [-0.15, -0.1) is 0 Å². The molecule has 1 atom stereocenters. The lowest BCUT2D eigenvalue weighted by atomic mass is 9.93. The van der Waals surface area contributed by atoms with E-state index in [4.69, 9.17) is 0 Å².